The summed E-state index contributed by atoms with van der Waals surface area (Å²) < 4.78 is 0.965. The molecule has 0 aliphatic rings. The van der Waals surface area contributed by atoms with Crippen LogP contribution in [0.25, 0.3) is 0 Å². The van der Waals surface area contributed by atoms with Crippen LogP contribution in [-0.2, 0) is 0 Å². The van der Waals surface area contributed by atoms with Gasteiger partial charge < -0.3 is 10.7 Å². The predicted molar refractivity (Wildman–Crippen MR) is 75.7 cm³/mol. The Morgan fingerprint density at radius 2 is 2.22 bits per heavy atom. The van der Waals surface area contributed by atoms with E-state index in [0.717, 1.165) is 14.9 Å². The minimum Gasteiger partial charge on any atom is -0.324 e. The Kier molecular flexibility index (Phi) is 4.21. The van der Waals surface area contributed by atoms with E-state index in [9.17, 15) is 4.79 Å². The number of benzene rings is 1. The Balaban J connectivity index is 2.39. The Morgan fingerprint density at radius 1 is 1.44 bits per heavy atom. The number of halogens is 1. The van der Waals surface area contributed by atoms with Gasteiger partial charge in [-0.15, -0.1) is 0 Å². The zero-order valence-corrected chi connectivity index (χ0v) is 12.1. The molecule has 2 rings (SSSR count). The van der Waals surface area contributed by atoms with Gasteiger partial charge in [-0.3, -0.25) is 4.79 Å². The first-order chi connectivity index (χ1) is 8.56. The highest BCUT2D eigenvalue weighted by atomic mass is 79.9. The van der Waals surface area contributed by atoms with Gasteiger partial charge in [0.05, 0.1) is 0 Å². The molecule has 0 spiro atoms. The van der Waals surface area contributed by atoms with Gasteiger partial charge in [0.25, 0.3) is 5.56 Å². The van der Waals surface area contributed by atoms with Gasteiger partial charge in [-0.2, -0.15) is 0 Å². The number of nitrogens with zero attached hydrogens (tertiary/aromatic N) is 1. The van der Waals surface area contributed by atoms with E-state index in [1.807, 2.05) is 25.1 Å². The van der Waals surface area contributed by atoms with Crippen molar-refractivity contribution in [3.8, 4) is 0 Å². The first kappa shape index (κ1) is 13.3. The van der Waals surface area contributed by atoms with Gasteiger partial charge in [-0.1, -0.05) is 33.8 Å². The molecule has 1 aromatic heterocycles. The number of rotatable bonds is 3. The first-order valence-corrected chi connectivity index (χ1v) is 6.95. The molecule has 0 aliphatic carbocycles. The molecule has 1 aromatic carbocycles. The second-order valence-corrected chi connectivity index (χ2v) is 5.76. The molecule has 2 aromatic rings. The molecule has 0 saturated carbocycles. The summed E-state index contributed by atoms with van der Waals surface area (Å²) in [6.45, 7) is 1.93. The number of aromatic amines is 1. The monoisotopic (exact) mass is 325 g/mol. The molecule has 1 unspecified atom stereocenters. The lowest BCUT2D eigenvalue weighted by Crippen LogP contribution is -2.08. The average molecular weight is 326 g/mol. The molecule has 0 saturated heterocycles. The number of hydrogen-bond acceptors (Lipinski definition) is 4. The van der Waals surface area contributed by atoms with Gasteiger partial charge in [-0.05, 0) is 24.6 Å². The molecule has 0 aliphatic heterocycles. The summed E-state index contributed by atoms with van der Waals surface area (Å²) in [4.78, 5) is 19.0. The van der Waals surface area contributed by atoms with E-state index in [2.05, 4.69) is 25.9 Å². The Labute approximate surface area is 117 Å². The highest BCUT2D eigenvalue weighted by molar-refractivity contribution is 9.10. The largest absolute Gasteiger partial charge is 0.324 e. The molecule has 4 nitrogen and oxygen atoms in total. The Hall–Kier alpha value is -1.11. The van der Waals surface area contributed by atoms with Crippen LogP contribution in [-0.4, -0.2) is 9.97 Å². The zero-order chi connectivity index (χ0) is 13.1. The van der Waals surface area contributed by atoms with Crippen LogP contribution in [0.1, 0.15) is 18.5 Å². The van der Waals surface area contributed by atoms with Crippen molar-refractivity contribution in [1.29, 1.82) is 0 Å². The normalized spacial score (nSPS) is 12.4. The molecule has 6 heteroatoms. The molecule has 0 radical (unpaired) electrons. The highest BCUT2D eigenvalue weighted by Gasteiger charge is 2.10. The number of nitrogens with two attached hydrogens (primary N) is 1. The van der Waals surface area contributed by atoms with Gasteiger partial charge in [0, 0.05) is 27.7 Å². The molecule has 94 valence electrons. The molecule has 0 amide bonds. The highest BCUT2D eigenvalue weighted by Crippen LogP contribution is 2.32. The van der Waals surface area contributed by atoms with Gasteiger partial charge in [0.15, 0.2) is 5.16 Å². The Bertz CT molecular complexity index is 612. The second-order valence-electron chi connectivity index (χ2n) is 3.81. The lowest BCUT2D eigenvalue weighted by molar-refractivity contribution is 0.795. The van der Waals surface area contributed by atoms with Crippen LogP contribution in [0.2, 0.25) is 0 Å². The second kappa shape index (κ2) is 5.69. The maximum atomic E-state index is 11.2. The van der Waals surface area contributed by atoms with Crippen molar-refractivity contribution in [2.45, 2.75) is 23.0 Å². The minimum absolute atomic E-state index is 0.0731. The summed E-state index contributed by atoms with van der Waals surface area (Å²) >= 11 is 4.82. The van der Waals surface area contributed by atoms with E-state index in [1.54, 1.807) is 0 Å². The van der Waals surface area contributed by atoms with Crippen LogP contribution in [0.5, 0.6) is 0 Å². The molecule has 1 heterocycles. The maximum absolute atomic E-state index is 11.2. The quantitative estimate of drug-likeness (QED) is 0.851. The number of nitrogens with one attached hydrogen (secondary N) is 1. The smallest absolute Gasteiger partial charge is 0.251 e. The fraction of sp³-hybridized carbons (Fsp3) is 0.167. The van der Waals surface area contributed by atoms with Crippen molar-refractivity contribution in [2.75, 3.05) is 0 Å². The van der Waals surface area contributed by atoms with Crippen LogP contribution < -0.4 is 11.3 Å². The molecule has 18 heavy (non-hydrogen) atoms. The van der Waals surface area contributed by atoms with Crippen LogP contribution in [0.4, 0.5) is 0 Å². The predicted octanol–water partition coefficient (Wildman–Crippen LogP) is 2.70. The lowest BCUT2D eigenvalue weighted by Gasteiger charge is -2.12. The first-order valence-electron chi connectivity index (χ1n) is 5.34. The maximum Gasteiger partial charge on any atom is 0.251 e. The van der Waals surface area contributed by atoms with Crippen molar-refractivity contribution in [1.82, 2.24) is 9.97 Å². The summed E-state index contributed by atoms with van der Waals surface area (Å²) in [5.41, 5.74) is 6.79. The average Bonchev–Trinajstić information content (AvgIpc) is 2.28. The summed E-state index contributed by atoms with van der Waals surface area (Å²) in [6.07, 6.45) is 1.49. The molecular weight excluding hydrogens is 314 g/mol. The fourth-order valence-corrected chi connectivity index (χ4v) is 3.02. The third-order valence-electron chi connectivity index (χ3n) is 2.32. The number of hydrogen-bond donors (Lipinski definition) is 2. The van der Waals surface area contributed by atoms with E-state index in [-0.39, 0.29) is 11.6 Å². The molecule has 0 fully saturated rings. The van der Waals surface area contributed by atoms with E-state index in [4.69, 9.17) is 5.73 Å². The van der Waals surface area contributed by atoms with Crippen molar-refractivity contribution >= 4 is 27.7 Å². The van der Waals surface area contributed by atoms with Crippen LogP contribution in [0, 0.1) is 0 Å². The van der Waals surface area contributed by atoms with Gasteiger partial charge in [-0.25, -0.2) is 4.98 Å². The summed E-state index contributed by atoms with van der Waals surface area (Å²) in [7, 11) is 0. The number of aromatic nitrogens is 2. The van der Waals surface area contributed by atoms with Gasteiger partial charge in [0.1, 0.15) is 0 Å². The van der Waals surface area contributed by atoms with Crippen LogP contribution in [0.15, 0.2) is 49.8 Å². The third kappa shape index (κ3) is 3.22. The molecule has 3 N–H and O–H groups in total. The molecule has 0 bridgehead atoms. The van der Waals surface area contributed by atoms with Crippen molar-refractivity contribution in [2.24, 2.45) is 5.73 Å². The standard InChI is InChI=1S/C12H12BrN3OS/c1-7(14)9-3-2-8(13)6-10(9)18-12-15-5-4-11(17)16-12/h2-7H,14H2,1H3,(H,15,16,17). The van der Waals surface area contributed by atoms with Crippen molar-refractivity contribution in [3.63, 3.8) is 0 Å². The topological polar surface area (TPSA) is 71.8 Å². The van der Waals surface area contributed by atoms with Gasteiger partial charge in [0.2, 0.25) is 0 Å². The van der Waals surface area contributed by atoms with Crippen LogP contribution >= 0.6 is 27.7 Å². The molecular formula is C12H12BrN3OS. The molecule has 1 atom stereocenters. The Morgan fingerprint density at radius 3 is 2.89 bits per heavy atom. The lowest BCUT2D eigenvalue weighted by atomic mass is 10.1. The fourth-order valence-electron chi connectivity index (χ4n) is 1.48. The van der Waals surface area contributed by atoms with Crippen molar-refractivity contribution < 1.29 is 0 Å². The van der Waals surface area contributed by atoms with E-state index in [0.29, 0.717) is 5.16 Å². The minimum atomic E-state index is -0.162. The van der Waals surface area contributed by atoms with E-state index in [1.165, 1.54) is 24.0 Å². The third-order valence-corrected chi connectivity index (χ3v) is 3.79. The number of H-pyrrole nitrogens is 1. The van der Waals surface area contributed by atoms with E-state index >= 15 is 0 Å². The summed E-state index contributed by atoms with van der Waals surface area (Å²) in [6, 6.07) is 7.20. The van der Waals surface area contributed by atoms with Crippen molar-refractivity contribution in [3.05, 3.63) is 50.9 Å². The van der Waals surface area contributed by atoms with Gasteiger partial charge >= 0.3 is 0 Å². The van der Waals surface area contributed by atoms with Crippen LogP contribution in [0.3, 0.4) is 0 Å². The zero-order valence-electron chi connectivity index (χ0n) is 9.68. The summed E-state index contributed by atoms with van der Waals surface area (Å²) in [5.74, 6) is 0. The summed E-state index contributed by atoms with van der Waals surface area (Å²) in [5, 5.41) is 0.558. The SMILES string of the molecule is CC(N)c1ccc(Br)cc1Sc1nccc(=O)[nH]1. The van der Waals surface area contributed by atoms with E-state index < -0.39 is 0 Å².